The molecular weight excluding hydrogens is 370 g/mol. The van der Waals surface area contributed by atoms with Crippen molar-refractivity contribution in [3.8, 4) is 0 Å². The molecule has 2 rings (SSSR count). The topological polar surface area (TPSA) is 77.0 Å². The normalized spacial score (nSPS) is 22.1. The third-order valence-corrected chi connectivity index (χ3v) is 4.73. The molecule has 1 aliphatic heterocycles. The van der Waals surface area contributed by atoms with E-state index in [0.29, 0.717) is 37.6 Å². The second-order valence-electron chi connectivity index (χ2n) is 6.33. The second-order valence-corrected chi connectivity index (χ2v) is 6.76. The Hall–Kier alpha value is -1.60. The zero-order chi connectivity index (χ0) is 19.6. The lowest BCUT2D eigenvalue weighted by Gasteiger charge is -2.37. The van der Waals surface area contributed by atoms with Gasteiger partial charge in [0.25, 0.3) is 5.91 Å². The van der Waals surface area contributed by atoms with Crippen molar-refractivity contribution in [3.05, 3.63) is 46.7 Å². The summed E-state index contributed by atoms with van der Waals surface area (Å²) in [5.74, 6) is -0.155. The molecule has 1 aliphatic rings. The van der Waals surface area contributed by atoms with Gasteiger partial charge in [-0.05, 0) is 43.5 Å². The fourth-order valence-electron chi connectivity index (χ4n) is 3.18. The average molecular weight is 398 g/mol. The summed E-state index contributed by atoms with van der Waals surface area (Å²) in [5, 5.41) is 12.7. The molecule has 0 aromatic heterocycles. The highest BCUT2D eigenvalue weighted by molar-refractivity contribution is 6.30. The SMILES string of the molecule is CCO[C@H]1OC(C(=O)NCCOC)=C[C@@H](c2ccc(Cl)cc2)[C@H]1CCCO. The van der Waals surface area contributed by atoms with E-state index in [9.17, 15) is 9.90 Å². The van der Waals surface area contributed by atoms with E-state index in [1.165, 1.54) is 0 Å². The monoisotopic (exact) mass is 397 g/mol. The van der Waals surface area contributed by atoms with Crippen LogP contribution in [-0.2, 0) is 19.0 Å². The van der Waals surface area contributed by atoms with Crippen LogP contribution in [0.4, 0.5) is 0 Å². The highest BCUT2D eigenvalue weighted by atomic mass is 35.5. The fourth-order valence-corrected chi connectivity index (χ4v) is 3.31. The lowest BCUT2D eigenvalue weighted by atomic mass is 9.80. The van der Waals surface area contributed by atoms with Crippen LogP contribution in [0, 0.1) is 5.92 Å². The first-order valence-corrected chi connectivity index (χ1v) is 9.62. The largest absolute Gasteiger partial charge is 0.459 e. The molecule has 6 nitrogen and oxygen atoms in total. The minimum atomic E-state index is -0.560. The van der Waals surface area contributed by atoms with E-state index in [0.717, 1.165) is 5.56 Å². The maximum Gasteiger partial charge on any atom is 0.286 e. The van der Waals surface area contributed by atoms with Crippen molar-refractivity contribution >= 4 is 17.5 Å². The number of halogens is 1. The van der Waals surface area contributed by atoms with Crippen molar-refractivity contribution in [2.75, 3.05) is 33.5 Å². The molecular formula is C20H28ClNO5. The Morgan fingerprint density at radius 2 is 2.07 bits per heavy atom. The van der Waals surface area contributed by atoms with Crippen LogP contribution < -0.4 is 5.32 Å². The van der Waals surface area contributed by atoms with Crippen molar-refractivity contribution in [3.63, 3.8) is 0 Å². The summed E-state index contributed by atoms with van der Waals surface area (Å²) in [5.41, 5.74) is 1.03. The number of ether oxygens (including phenoxy) is 3. The van der Waals surface area contributed by atoms with Gasteiger partial charge in [0.2, 0.25) is 6.29 Å². The molecule has 0 radical (unpaired) electrons. The lowest BCUT2D eigenvalue weighted by Crippen LogP contribution is -2.39. The van der Waals surface area contributed by atoms with E-state index in [-0.39, 0.29) is 30.1 Å². The van der Waals surface area contributed by atoms with Gasteiger partial charge in [0.05, 0.1) is 6.61 Å². The zero-order valence-corrected chi connectivity index (χ0v) is 16.6. The molecule has 0 unspecified atom stereocenters. The molecule has 0 fully saturated rings. The van der Waals surface area contributed by atoms with Gasteiger partial charge < -0.3 is 24.6 Å². The average Bonchev–Trinajstić information content (AvgIpc) is 2.67. The molecule has 0 aliphatic carbocycles. The van der Waals surface area contributed by atoms with Crippen molar-refractivity contribution in [1.29, 1.82) is 0 Å². The number of aliphatic hydroxyl groups excluding tert-OH is 1. The summed E-state index contributed by atoms with van der Waals surface area (Å²) < 4.78 is 16.6. The van der Waals surface area contributed by atoms with Gasteiger partial charge in [-0.1, -0.05) is 23.7 Å². The summed E-state index contributed by atoms with van der Waals surface area (Å²) in [7, 11) is 1.58. The first-order chi connectivity index (χ1) is 13.1. The molecule has 1 heterocycles. The Morgan fingerprint density at radius 1 is 1.33 bits per heavy atom. The maximum atomic E-state index is 12.5. The van der Waals surface area contributed by atoms with Crippen LogP contribution in [0.5, 0.6) is 0 Å². The van der Waals surface area contributed by atoms with Crippen LogP contribution >= 0.6 is 11.6 Å². The number of hydrogen-bond acceptors (Lipinski definition) is 5. The van der Waals surface area contributed by atoms with Gasteiger partial charge in [-0.25, -0.2) is 0 Å². The van der Waals surface area contributed by atoms with E-state index in [1.807, 2.05) is 37.3 Å². The Labute approximate surface area is 165 Å². The summed E-state index contributed by atoms with van der Waals surface area (Å²) in [4.78, 5) is 12.5. The standard InChI is InChI=1S/C20H28ClNO5/c1-3-26-20-16(5-4-11-23)17(14-6-8-15(21)9-7-14)13-18(27-20)19(24)22-10-12-25-2/h6-9,13,16-17,20,23H,3-5,10-12H2,1-2H3,(H,22,24)/t16-,17+,20+/m1/s1. The Bertz CT molecular complexity index is 619. The number of nitrogens with one attached hydrogen (secondary N) is 1. The molecule has 2 N–H and O–H groups in total. The van der Waals surface area contributed by atoms with Crippen LogP contribution in [0.15, 0.2) is 36.1 Å². The number of carbonyl (C=O) groups is 1. The summed E-state index contributed by atoms with van der Waals surface area (Å²) >= 11 is 6.03. The molecule has 3 atom stereocenters. The number of carbonyl (C=O) groups excluding carboxylic acids is 1. The van der Waals surface area contributed by atoms with Gasteiger partial charge >= 0.3 is 0 Å². The molecule has 0 saturated heterocycles. The van der Waals surface area contributed by atoms with E-state index in [2.05, 4.69) is 5.32 Å². The number of aliphatic hydroxyl groups is 1. The predicted octanol–water partition coefficient (Wildman–Crippen LogP) is 2.85. The van der Waals surface area contributed by atoms with Crippen molar-refractivity contribution < 1.29 is 24.1 Å². The smallest absolute Gasteiger partial charge is 0.286 e. The van der Waals surface area contributed by atoms with Crippen molar-refractivity contribution in [1.82, 2.24) is 5.32 Å². The van der Waals surface area contributed by atoms with Crippen LogP contribution in [0.3, 0.4) is 0 Å². The molecule has 27 heavy (non-hydrogen) atoms. The van der Waals surface area contributed by atoms with E-state index in [1.54, 1.807) is 7.11 Å². The van der Waals surface area contributed by atoms with E-state index < -0.39 is 6.29 Å². The van der Waals surface area contributed by atoms with Crippen LogP contribution in [0.2, 0.25) is 5.02 Å². The van der Waals surface area contributed by atoms with Gasteiger partial charge in [0.1, 0.15) is 0 Å². The zero-order valence-electron chi connectivity index (χ0n) is 15.8. The van der Waals surface area contributed by atoms with Crippen molar-refractivity contribution in [2.24, 2.45) is 5.92 Å². The first kappa shape index (κ1) is 21.7. The number of amides is 1. The third-order valence-electron chi connectivity index (χ3n) is 4.48. The maximum absolute atomic E-state index is 12.5. The molecule has 1 aromatic carbocycles. The number of hydrogen-bond donors (Lipinski definition) is 2. The first-order valence-electron chi connectivity index (χ1n) is 9.24. The Balaban J connectivity index is 2.31. The summed E-state index contributed by atoms with van der Waals surface area (Å²) in [6.07, 6.45) is 2.62. The third kappa shape index (κ3) is 6.21. The van der Waals surface area contributed by atoms with Gasteiger partial charge in [-0.15, -0.1) is 0 Å². The fraction of sp³-hybridized carbons (Fsp3) is 0.550. The van der Waals surface area contributed by atoms with Crippen LogP contribution in [0.1, 0.15) is 31.2 Å². The molecule has 1 amide bonds. The lowest BCUT2D eigenvalue weighted by molar-refractivity contribution is -0.166. The van der Waals surface area contributed by atoms with Gasteiger partial charge in [0.15, 0.2) is 5.76 Å². The minimum Gasteiger partial charge on any atom is -0.459 e. The Kier molecular flexibility index (Phi) is 9.07. The van der Waals surface area contributed by atoms with Crippen LogP contribution in [-0.4, -0.2) is 50.8 Å². The van der Waals surface area contributed by atoms with Gasteiger partial charge in [-0.2, -0.15) is 0 Å². The molecule has 0 bridgehead atoms. The minimum absolute atomic E-state index is 0.0196. The molecule has 0 spiro atoms. The molecule has 7 heteroatoms. The Morgan fingerprint density at radius 3 is 2.70 bits per heavy atom. The van der Waals surface area contributed by atoms with Gasteiger partial charge in [-0.3, -0.25) is 4.79 Å². The number of rotatable bonds is 10. The van der Waals surface area contributed by atoms with Crippen molar-refractivity contribution in [2.45, 2.75) is 32.0 Å². The van der Waals surface area contributed by atoms with Gasteiger partial charge in [0, 0.05) is 43.7 Å². The quantitative estimate of drug-likeness (QED) is 0.594. The summed E-state index contributed by atoms with van der Waals surface area (Å²) in [6.45, 7) is 3.27. The number of benzene rings is 1. The highest BCUT2D eigenvalue weighted by Crippen LogP contribution is 2.39. The number of allylic oxidation sites excluding steroid dienone is 1. The summed E-state index contributed by atoms with van der Waals surface area (Å²) in [6, 6.07) is 7.56. The van der Waals surface area contributed by atoms with E-state index in [4.69, 9.17) is 25.8 Å². The molecule has 1 aromatic rings. The van der Waals surface area contributed by atoms with Crippen LogP contribution in [0.25, 0.3) is 0 Å². The highest BCUT2D eigenvalue weighted by Gasteiger charge is 2.37. The second kappa shape index (κ2) is 11.3. The number of methoxy groups -OCH3 is 1. The molecule has 0 saturated carbocycles. The molecule has 150 valence electrons. The van der Waals surface area contributed by atoms with E-state index >= 15 is 0 Å². The predicted molar refractivity (Wildman–Crippen MR) is 103 cm³/mol.